The van der Waals surface area contributed by atoms with E-state index in [1.807, 2.05) is 12.1 Å². The molecule has 1 aromatic carbocycles. The summed E-state index contributed by atoms with van der Waals surface area (Å²) in [5.41, 5.74) is 3.32. The first-order valence-electron chi connectivity index (χ1n) is 8.09. The van der Waals surface area contributed by atoms with Crippen molar-refractivity contribution in [3.8, 4) is 0 Å². The molecule has 2 N–H and O–H groups in total. The molecule has 2 aliphatic rings. The van der Waals surface area contributed by atoms with Crippen LogP contribution in [0.15, 0.2) is 18.2 Å². The third-order valence-corrected chi connectivity index (χ3v) is 4.98. The number of amides is 2. The predicted molar refractivity (Wildman–Crippen MR) is 88.4 cm³/mol. The van der Waals surface area contributed by atoms with Crippen molar-refractivity contribution in [1.82, 2.24) is 4.90 Å². The van der Waals surface area contributed by atoms with Crippen LogP contribution in [0.2, 0.25) is 0 Å². The number of aliphatic hydroxyl groups is 1. The first-order chi connectivity index (χ1) is 10.6. The van der Waals surface area contributed by atoms with E-state index in [-0.39, 0.29) is 18.1 Å². The molecule has 1 aromatic rings. The molecule has 3 rings (SSSR count). The van der Waals surface area contributed by atoms with Gasteiger partial charge in [-0.15, -0.1) is 0 Å². The van der Waals surface area contributed by atoms with Crippen LogP contribution in [-0.2, 0) is 6.42 Å². The Morgan fingerprint density at radius 3 is 3.00 bits per heavy atom. The van der Waals surface area contributed by atoms with Gasteiger partial charge in [0.15, 0.2) is 0 Å². The van der Waals surface area contributed by atoms with Crippen molar-refractivity contribution in [1.29, 1.82) is 0 Å². The highest BCUT2D eigenvalue weighted by Crippen LogP contribution is 2.32. The van der Waals surface area contributed by atoms with Crippen LogP contribution in [0.4, 0.5) is 16.2 Å². The number of rotatable bonds is 3. The van der Waals surface area contributed by atoms with E-state index >= 15 is 0 Å². The normalized spacial score (nSPS) is 23.5. The Hall–Kier alpha value is -1.75. The van der Waals surface area contributed by atoms with Crippen molar-refractivity contribution in [3.63, 3.8) is 0 Å². The Kier molecular flexibility index (Phi) is 4.25. The quantitative estimate of drug-likeness (QED) is 0.901. The van der Waals surface area contributed by atoms with Gasteiger partial charge in [0.05, 0.1) is 6.10 Å². The van der Waals surface area contributed by atoms with Gasteiger partial charge in [-0.2, -0.15) is 0 Å². The number of hydrogen-bond donors (Lipinski definition) is 2. The number of hydrogen-bond acceptors (Lipinski definition) is 3. The average molecular weight is 303 g/mol. The summed E-state index contributed by atoms with van der Waals surface area (Å²) in [6.07, 6.45) is 3.63. The smallest absolute Gasteiger partial charge is 0.321 e. The first kappa shape index (κ1) is 15.2. The molecule has 0 bridgehead atoms. The molecule has 2 amide bonds. The number of anilines is 2. The minimum atomic E-state index is -0.259. The number of aliphatic hydroxyl groups excluding tert-OH is 1. The van der Waals surface area contributed by atoms with Gasteiger partial charge in [0.1, 0.15) is 0 Å². The molecule has 1 aliphatic heterocycles. The lowest BCUT2D eigenvalue weighted by atomic mass is 10.1. The summed E-state index contributed by atoms with van der Waals surface area (Å²) in [5, 5.41) is 12.9. The maximum Gasteiger partial charge on any atom is 0.321 e. The van der Waals surface area contributed by atoms with E-state index in [2.05, 4.69) is 23.3 Å². The molecule has 1 saturated carbocycles. The van der Waals surface area contributed by atoms with Crippen LogP contribution in [0.1, 0.15) is 24.8 Å². The molecule has 1 heterocycles. The maximum absolute atomic E-state index is 12.4. The van der Waals surface area contributed by atoms with Gasteiger partial charge < -0.3 is 20.2 Å². The molecule has 5 nitrogen and oxygen atoms in total. The van der Waals surface area contributed by atoms with Gasteiger partial charge in [-0.1, -0.05) is 12.5 Å². The van der Waals surface area contributed by atoms with E-state index in [1.54, 1.807) is 11.9 Å². The third kappa shape index (κ3) is 2.90. The number of nitrogens with one attached hydrogen (secondary N) is 1. The highest BCUT2D eigenvalue weighted by molar-refractivity contribution is 5.91. The van der Waals surface area contributed by atoms with Gasteiger partial charge in [0, 0.05) is 50.0 Å². The van der Waals surface area contributed by atoms with E-state index in [0.717, 1.165) is 37.9 Å². The topological polar surface area (TPSA) is 55.8 Å². The summed E-state index contributed by atoms with van der Waals surface area (Å²) in [6.45, 7) is 1.61. The van der Waals surface area contributed by atoms with E-state index in [1.165, 1.54) is 11.3 Å². The van der Waals surface area contributed by atoms with Crippen LogP contribution in [0, 0.1) is 5.92 Å². The maximum atomic E-state index is 12.4. The van der Waals surface area contributed by atoms with Gasteiger partial charge >= 0.3 is 6.03 Å². The molecule has 1 fully saturated rings. The summed E-state index contributed by atoms with van der Waals surface area (Å²) in [4.78, 5) is 16.3. The Labute approximate surface area is 131 Å². The van der Waals surface area contributed by atoms with Crippen molar-refractivity contribution < 1.29 is 9.90 Å². The second-order valence-corrected chi connectivity index (χ2v) is 6.54. The molecular formula is C17H25N3O2. The molecule has 2 unspecified atom stereocenters. The molecule has 0 saturated heterocycles. The molecule has 22 heavy (non-hydrogen) atoms. The number of nitrogens with zero attached hydrogens (tertiary/aromatic N) is 2. The van der Waals surface area contributed by atoms with Gasteiger partial charge in [0.2, 0.25) is 0 Å². The van der Waals surface area contributed by atoms with Crippen LogP contribution in [0.25, 0.3) is 0 Å². The Bertz CT molecular complexity index is 561. The molecule has 0 aromatic heterocycles. The highest BCUT2D eigenvalue weighted by Gasteiger charge is 2.28. The average Bonchev–Trinajstić information content (AvgIpc) is 3.07. The van der Waals surface area contributed by atoms with Crippen LogP contribution in [0.3, 0.4) is 0 Å². The lowest BCUT2D eigenvalue weighted by Crippen LogP contribution is -2.37. The number of urea groups is 1. The summed E-state index contributed by atoms with van der Waals surface area (Å²) in [6, 6.07) is 5.95. The molecule has 5 heteroatoms. The van der Waals surface area contributed by atoms with Gasteiger partial charge in [0.25, 0.3) is 0 Å². The molecule has 0 radical (unpaired) electrons. The van der Waals surface area contributed by atoms with Crippen molar-refractivity contribution in [3.05, 3.63) is 23.8 Å². The lowest BCUT2D eigenvalue weighted by Gasteiger charge is -2.24. The molecule has 120 valence electrons. The van der Waals surface area contributed by atoms with Crippen LogP contribution < -0.4 is 10.2 Å². The number of carbonyl (C=O) groups is 1. The third-order valence-electron chi connectivity index (χ3n) is 4.98. The van der Waals surface area contributed by atoms with Crippen molar-refractivity contribution in [2.24, 2.45) is 5.92 Å². The fraction of sp³-hybridized carbons (Fsp3) is 0.588. The number of benzene rings is 1. The van der Waals surface area contributed by atoms with E-state index < -0.39 is 0 Å². The molecule has 1 aliphatic carbocycles. The molecule has 2 atom stereocenters. The van der Waals surface area contributed by atoms with Gasteiger partial charge in [-0.05, 0) is 31.4 Å². The molecule has 0 spiro atoms. The van der Waals surface area contributed by atoms with E-state index in [0.29, 0.717) is 6.54 Å². The van der Waals surface area contributed by atoms with Crippen LogP contribution >= 0.6 is 0 Å². The summed E-state index contributed by atoms with van der Waals surface area (Å²) in [7, 11) is 3.88. The summed E-state index contributed by atoms with van der Waals surface area (Å²) < 4.78 is 0. The minimum Gasteiger partial charge on any atom is -0.393 e. The first-order valence-corrected chi connectivity index (χ1v) is 8.09. The lowest BCUT2D eigenvalue weighted by molar-refractivity contribution is 0.116. The SMILES string of the molecule is CN(CC1CCCC1O)C(=O)Nc1cccc2c1CCN2C. The fourth-order valence-electron chi connectivity index (χ4n) is 3.59. The summed E-state index contributed by atoms with van der Waals surface area (Å²) >= 11 is 0. The molecular weight excluding hydrogens is 278 g/mol. The minimum absolute atomic E-state index is 0.0953. The van der Waals surface area contributed by atoms with Crippen molar-refractivity contribution in [2.45, 2.75) is 31.8 Å². The van der Waals surface area contributed by atoms with E-state index in [4.69, 9.17) is 0 Å². The second kappa shape index (κ2) is 6.16. The highest BCUT2D eigenvalue weighted by atomic mass is 16.3. The number of carbonyl (C=O) groups excluding carboxylic acids is 1. The second-order valence-electron chi connectivity index (χ2n) is 6.54. The zero-order chi connectivity index (χ0) is 15.7. The van der Waals surface area contributed by atoms with Gasteiger partial charge in [-0.25, -0.2) is 4.79 Å². The zero-order valence-electron chi connectivity index (χ0n) is 13.4. The Balaban J connectivity index is 1.64. The number of likely N-dealkylation sites (N-methyl/N-ethyl adjacent to an activating group) is 1. The standard InChI is InChI=1S/C17H25N3O2/c1-19-10-9-13-14(6-4-7-15(13)19)18-17(22)20(2)11-12-5-3-8-16(12)21/h4,6-7,12,16,21H,3,5,8-11H2,1-2H3,(H,18,22). The largest absolute Gasteiger partial charge is 0.393 e. The van der Waals surface area contributed by atoms with Crippen molar-refractivity contribution >= 4 is 17.4 Å². The monoisotopic (exact) mass is 303 g/mol. The van der Waals surface area contributed by atoms with Crippen LogP contribution in [0.5, 0.6) is 0 Å². The Morgan fingerprint density at radius 1 is 1.45 bits per heavy atom. The zero-order valence-corrected chi connectivity index (χ0v) is 13.4. The summed E-state index contributed by atoms with van der Waals surface area (Å²) in [5.74, 6) is 0.211. The van der Waals surface area contributed by atoms with Crippen molar-refractivity contribution in [2.75, 3.05) is 37.4 Å². The predicted octanol–water partition coefficient (Wildman–Crippen LogP) is 2.30. The fourth-order valence-corrected chi connectivity index (χ4v) is 3.59. The van der Waals surface area contributed by atoms with Gasteiger partial charge in [-0.3, -0.25) is 0 Å². The van der Waals surface area contributed by atoms with E-state index in [9.17, 15) is 9.90 Å². The Morgan fingerprint density at radius 2 is 2.27 bits per heavy atom. The van der Waals surface area contributed by atoms with Crippen LogP contribution in [-0.4, -0.2) is 49.3 Å². The number of fused-ring (bicyclic) bond motifs is 1.